The maximum Gasteiger partial charge on any atom is 0.446 e. The minimum atomic E-state index is -4.31. The highest BCUT2D eigenvalue weighted by atomic mass is 32.2. The molecule has 1 N–H and O–H groups in total. The molecule has 0 spiro atoms. The third-order valence-electron chi connectivity index (χ3n) is 4.61. The van der Waals surface area contributed by atoms with Gasteiger partial charge in [0.15, 0.2) is 0 Å². The molecular weight excluding hydrogens is 373 g/mol. The second-order valence-electron chi connectivity index (χ2n) is 6.62. The SMILES string of the molecule is O=C(Nc1ccc(SC(F)(F)F)cc1)N1CCC(Cc2ccccc2)CC1. The van der Waals surface area contributed by atoms with Gasteiger partial charge in [-0.25, -0.2) is 4.79 Å². The summed E-state index contributed by atoms with van der Waals surface area (Å²) in [7, 11) is 0. The van der Waals surface area contributed by atoms with Crippen LogP contribution in [0.4, 0.5) is 23.7 Å². The van der Waals surface area contributed by atoms with Crippen molar-refractivity contribution < 1.29 is 18.0 Å². The van der Waals surface area contributed by atoms with Crippen LogP contribution in [-0.2, 0) is 6.42 Å². The number of nitrogens with one attached hydrogen (secondary N) is 1. The predicted octanol–water partition coefficient (Wildman–Crippen LogP) is 5.79. The first-order chi connectivity index (χ1) is 12.9. The minimum absolute atomic E-state index is 0.0993. The summed E-state index contributed by atoms with van der Waals surface area (Å²) in [6, 6.07) is 15.8. The van der Waals surface area contributed by atoms with Gasteiger partial charge in [-0.15, -0.1) is 0 Å². The van der Waals surface area contributed by atoms with E-state index >= 15 is 0 Å². The van der Waals surface area contributed by atoms with E-state index in [1.54, 1.807) is 4.90 Å². The molecule has 2 aromatic rings. The van der Waals surface area contributed by atoms with E-state index < -0.39 is 5.51 Å². The molecule has 1 aliphatic heterocycles. The van der Waals surface area contributed by atoms with Crippen molar-refractivity contribution in [1.82, 2.24) is 4.90 Å². The molecule has 1 aliphatic rings. The summed E-state index contributed by atoms with van der Waals surface area (Å²) in [5.41, 5.74) is -2.50. The number of hydrogen-bond acceptors (Lipinski definition) is 2. The molecule has 3 nitrogen and oxygen atoms in total. The second kappa shape index (κ2) is 8.69. The lowest BCUT2D eigenvalue weighted by Gasteiger charge is -2.32. The summed E-state index contributed by atoms with van der Waals surface area (Å²) in [4.78, 5) is 14.2. The molecule has 144 valence electrons. The number of carbonyl (C=O) groups is 1. The van der Waals surface area contributed by atoms with Crippen LogP contribution in [0.5, 0.6) is 0 Å². The first kappa shape index (κ1) is 19.6. The van der Waals surface area contributed by atoms with Crippen LogP contribution >= 0.6 is 11.8 Å². The number of likely N-dealkylation sites (tertiary alicyclic amines) is 1. The molecule has 1 fully saturated rings. The molecule has 0 radical (unpaired) electrons. The van der Waals surface area contributed by atoms with Crippen molar-refractivity contribution in [1.29, 1.82) is 0 Å². The number of amides is 2. The van der Waals surface area contributed by atoms with Crippen molar-refractivity contribution in [2.75, 3.05) is 18.4 Å². The van der Waals surface area contributed by atoms with E-state index in [4.69, 9.17) is 0 Å². The average Bonchev–Trinajstić information content (AvgIpc) is 2.63. The number of thioether (sulfide) groups is 1. The fourth-order valence-electron chi connectivity index (χ4n) is 3.23. The number of benzene rings is 2. The lowest BCUT2D eigenvalue weighted by molar-refractivity contribution is -0.0328. The first-order valence-corrected chi connectivity index (χ1v) is 9.66. The Balaban J connectivity index is 1.46. The third kappa shape index (κ3) is 6.20. The van der Waals surface area contributed by atoms with Gasteiger partial charge in [0.2, 0.25) is 0 Å². The van der Waals surface area contributed by atoms with Gasteiger partial charge in [0.1, 0.15) is 0 Å². The Hall–Kier alpha value is -2.15. The monoisotopic (exact) mass is 394 g/mol. The Labute approximate surface area is 160 Å². The van der Waals surface area contributed by atoms with Gasteiger partial charge >= 0.3 is 11.5 Å². The molecule has 0 unspecified atom stereocenters. The van der Waals surface area contributed by atoms with E-state index in [0.29, 0.717) is 24.7 Å². The molecule has 1 heterocycles. The molecule has 0 aliphatic carbocycles. The number of anilines is 1. The summed E-state index contributed by atoms with van der Waals surface area (Å²) in [5.74, 6) is 0.565. The number of carbonyl (C=O) groups excluding carboxylic acids is 1. The molecule has 0 atom stereocenters. The standard InChI is InChI=1S/C20H21F3N2OS/c21-20(22,23)27-18-8-6-17(7-9-18)24-19(26)25-12-10-16(11-13-25)14-15-4-2-1-3-5-15/h1-9,16H,10-14H2,(H,24,26). The highest BCUT2D eigenvalue weighted by molar-refractivity contribution is 8.00. The Morgan fingerprint density at radius 3 is 2.26 bits per heavy atom. The highest BCUT2D eigenvalue weighted by Gasteiger charge is 2.29. The average molecular weight is 394 g/mol. The van der Waals surface area contributed by atoms with Crippen LogP contribution in [-0.4, -0.2) is 29.5 Å². The summed E-state index contributed by atoms with van der Waals surface area (Å²) < 4.78 is 37.1. The Morgan fingerprint density at radius 1 is 1.04 bits per heavy atom. The zero-order chi connectivity index (χ0) is 19.3. The molecular formula is C20H21F3N2OS. The van der Waals surface area contributed by atoms with Crippen LogP contribution in [0, 0.1) is 5.92 Å². The fourth-order valence-corrected chi connectivity index (χ4v) is 3.77. The van der Waals surface area contributed by atoms with Crippen LogP contribution in [0.25, 0.3) is 0 Å². The molecule has 0 bridgehead atoms. The number of alkyl halides is 3. The lowest BCUT2D eigenvalue weighted by atomic mass is 9.90. The summed E-state index contributed by atoms with van der Waals surface area (Å²) in [6.45, 7) is 1.37. The van der Waals surface area contributed by atoms with Crippen molar-refractivity contribution in [2.24, 2.45) is 5.92 Å². The molecule has 3 rings (SSSR count). The normalized spacial score (nSPS) is 15.6. The smallest absolute Gasteiger partial charge is 0.325 e. The topological polar surface area (TPSA) is 32.3 Å². The van der Waals surface area contributed by atoms with Crippen LogP contribution in [0.15, 0.2) is 59.5 Å². The van der Waals surface area contributed by atoms with Gasteiger partial charge in [-0.3, -0.25) is 0 Å². The van der Waals surface area contributed by atoms with Gasteiger partial charge in [-0.1, -0.05) is 30.3 Å². The first-order valence-electron chi connectivity index (χ1n) is 8.85. The molecule has 2 amide bonds. The van der Waals surface area contributed by atoms with Gasteiger partial charge in [0, 0.05) is 23.7 Å². The lowest BCUT2D eigenvalue weighted by Crippen LogP contribution is -2.41. The third-order valence-corrected chi connectivity index (χ3v) is 5.35. The Bertz CT molecular complexity index is 742. The van der Waals surface area contributed by atoms with Crippen LogP contribution in [0.3, 0.4) is 0 Å². The van der Waals surface area contributed by atoms with Crippen molar-refractivity contribution in [3.8, 4) is 0 Å². The van der Waals surface area contributed by atoms with Gasteiger partial charge in [-0.2, -0.15) is 13.2 Å². The minimum Gasteiger partial charge on any atom is -0.325 e. The maximum absolute atomic E-state index is 12.4. The number of piperidine rings is 1. The van der Waals surface area contributed by atoms with E-state index in [1.165, 1.54) is 29.8 Å². The molecule has 0 aromatic heterocycles. The molecule has 7 heteroatoms. The maximum atomic E-state index is 12.4. The largest absolute Gasteiger partial charge is 0.446 e. The number of nitrogens with zero attached hydrogens (tertiary/aromatic N) is 1. The fraction of sp³-hybridized carbons (Fsp3) is 0.350. The molecule has 2 aromatic carbocycles. The summed E-state index contributed by atoms with van der Waals surface area (Å²) >= 11 is -0.166. The number of hydrogen-bond donors (Lipinski definition) is 1. The predicted molar refractivity (Wildman–Crippen MR) is 102 cm³/mol. The van der Waals surface area contributed by atoms with Crippen LogP contribution < -0.4 is 5.32 Å². The quantitative estimate of drug-likeness (QED) is 0.666. The van der Waals surface area contributed by atoms with Crippen molar-refractivity contribution in [3.05, 3.63) is 60.2 Å². The van der Waals surface area contributed by atoms with E-state index in [9.17, 15) is 18.0 Å². The van der Waals surface area contributed by atoms with Gasteiger partial charge in [0.25, 0.3) is 0 Å². The zero-order valence-corrected chi connectivity index (χ0v) is 15.5. The molecule has 27 heavy (non-hydrogen) atoms. The van der Waals surface area contributed by atoms with Crippen LogP contribution in [0.1, 0.15) is 18.4 Å². The highest BCUT2D eigenvalue weighted by Crippen LogP contribution is 2.37. The van der Waals surface area contributed by atoms with Crippen molar-refractivity contribution >= 4 is 23.5 Å². The summed E-state index contributed by atoms with van der Waals surface area (Å²) in [6.07, 6.45) is 2.92. The van der Waals surface area contributed by atoms with E-state index in [-0.39, 0.29) is 22.7 Å². The van der Waals surface area contributed by atoms with Crippen LogP contribution in [0.2, 0.25) is 0 Å². The Kier molecular flexibility index (Phi) is 6.31. The molecule has 0 saturated carbocycles. The van der Waals surface area contributed by atoms with Gasteiger partial charge < -0.3 is 10.2 Å². The summed E-state index contributed by atoms with van der Waals surface area (Å²) in [5, 5.41) is 2.76. The van der Waals surface area contributed by atoms with Crippen molar-refractivity contribution in [3.63, 3.8) is 0 Å². The van der Waals surface area contributed by atoms with E-state index in [2.05, 4.69) is 17.4 Å². The second-order valence-corrected chi connectivity index (χ2v) is 7.76. The number of rotatable bonds is 4. The van der Waals surface area contributed by atoms with E-state index in [0.717, 1.165) is 19.3 Å². The van der Waals surface area contributed by atoms with Gasteiger partial charge in [-0.05, 0) is 66.8 Å². The number of urea groups is 1. The van der Waals surface area contributed by atoms with Crippen molar-refractivity contribution in [2.45, 2.75) is 29.7 Å². The number of halogens is 3. The Morgan fingerprint density at radius 2 is 1.67 bits per heavy atom. The molecule has 1 saturated heterocycles. The van der Waals surface area contributed by atoms with Gasteiger partial charge in [0.05, 0.1) is 0 Å². The van der Waals surface area contributed by atoms with E-state index in [1.807, 2.05) is 18.2 Å². The zero-order valence-electron chi connectivity index (χ0n) is 14.7.